The molecule has 154 valence electrons. The fraction of sp³-hybridized carbons (Fsp3) is 0.182. The Morgan fingerprint density at radius 3 is 2.33 bits per heavy atom. The Balaban J connectivity index is 1.70. The number of hydrogen-bond donors (Lipinski definition) is 2. The number of carbonyl (C=O) groups excluding carboxylic acids is 2. The van der Waals surface area contributed by atoms with E-state index in [9.17, 15) is 14.4 Å². The number of rotatable bonds is 5. The first kappa shape index (κ1) is 20.8. The third-order valence-electron chi connectivity index (χ3n) is 4.77. The van der Waals surface area contributed by atoms with Crippen molar-refractivity contribution >= 4 is 23.7 Å². The Morgan fingerprint density at radius 1 is 1.03 bits per heavy atom. The molecular formula is C22H23N5O3. The molecule has 0 saturated carbocycles. The van der Waals surface area contributed by atoms with Crippen LogP contribution < -0.4 is 16.3 Å². The average Bonchev–Trinajstić information content (AvgIpc) is 2.97. The van der Waals surface area contributed by atoms with Gasteiger partial charge in [0, 0.05) is 7.05 Å². The number of benzene rings is 2. The lowest BCUT2D eigenvalue weighted by molar-refractivity contribution is -0.136. The number of para-hydroxylation sites is 1. The summed E-state index contributed by atoms with van der Waals surface area (Å²) >= 11 is 0. The Bertz CT molecular complexity index is 1140. The van der Waals surface area contributed by atoms with E-state index < -0.39 is 17.4 Å². The molecule has 8 heteroatoms. The monoisotopic (exact) mass is 405 g/mol. The first-order valence-electron chi connectivity index (χ1n) is 9.49. The predicted octanol–water partition coefficient (Wildman–Crippen LogP) is 2.14. The lowest BCUT2D eigenvalue weighted by Gasteiger charge is -2.07. The molecule has 0 aliphatic heterocycles. The van der Waals surface area contributed by atoms with E-state index in [0.717, 1.165) is 12.0 Å². The van der Waals surface area contributed by atoms with Crippen molar-refractivity contribution in [2.24, 2.45) is 12.1 Å². The normalized spacial score (nSPS) is 10.9. The summed E-state index contributed by atoms with van der Waals surface area (Å²) in [6, 6.07) is 16.7. The summed E-state index contributed by atoms with van der Waals surface area (Å²) in [4.78, 5) is 37.1. The zero-order chi connectivity index (χ0) is 21.7. The number of aromatic nitrogens is 2. The average molecular weight is 405 g/mol. The van der Waals surface area contributed by atoms with Crippen LogP contribution in [0.5, 0.6) is 0 Å². The number of aryl methyl sites for hydroxylation is 1. The quantitative estimate of drug-likeness (QED) is 0.387. The minimum absolute atomic E-state index is 0.0423. The number of nitrogens with zero attached hydrogens (tertiary/aromatic N) is 3. The van der Waals surface area contributed by atoms with Gasteiger partial charge in [-0.1, -0.05) is 49.4 Å². The second-order valence-corrected chi connectivity index (χ2v) is 6.68. The van der Waals surface area contributed by atoms with Crippen molar-refractivity contribution in [1.82, 2.24) is 14.8 Å². The summed E-state index contributed by atoms with van der Waals surface area (Å²) in [5.74, 6) is -1.94. The van der Waals surface area contributed by atoms with Crippen molar-refractivity contribution in [3.63, 3.8) is 0 Å². The highest BCUT2D eigenvalue weighted by Crippen LogP contribution is 2.13. The number of nitrogens with one attached hydrogen (secondary N) is 2. The van der Waals surface area contributed by atoms with Crippen LogP contribution in [0.1, 0.15) is 23.7 Å². The van der Waals surface area contributed by atoms with Crippen molar-refractivity contribution in [2.75, 3.05) is 5.32 Å². The molecule has 0 bridgehead atoms. The Kier molecular flexibility index (Phi) is 6.26. The number of hydrogen-bond acceptors (Lipinski definition) is 4. The number of hydrazone groups is 1. The van der Waals surface area contributed by atoms with Crippen molar-refractivity contribution in [3.05, 3.63) is 81.8 Å². The molecule has 0 aliphatic rings. The van der Waals surface area contributed by atoms with Gasteiger partial charge < -0.3 is 5.32 Å². The molecule has 0 saturated heterocycles. The van der Waals surface area contributed by atoms with E-state index >= 15 is 0 Å². The van der Waals surface area contributed by atoms with Gasteiger partial charge in [0.15, 0.2) is 0 Å². The van der Waals surface area contributed by atoms with Crippen LogP contribution in [0, 0.1) is 6.92 Å². The molecule has 3 aromatic rings. The van der Waals surface area contributed by atoms with E-state index in [4.69, 9.17) is 0 Å². The molecule has 0 spiro atoms. The molecule has 0 fully saturated rings. The summed E-state index contributed by atoms with van der Waals surface area (Å²) in [6.07, 6.45) is 2.37. The first-order chi connectivity index (χ1) is 14.4. The maximum absolute atomic E-state index is 12.8. The van der Waals surface area contributed by atoms with Gasteiger partial charge in [-0.25, -0.2) is 10.1 Å². The molecule has 2 N–H and O–H groups in total. The van der Waals surface area contributed by atoms with Gasteiger partial charge in [0.25, 0.3) is 5.56 Å². The van der Waals surface area contributed by atoms with Crippen LogP contribution >= 0.6 is 0 Å². The fourth-order valence-corrected chi connectivity index (χ4v) is 2.94. The minimum Gasteiger partial charge on any atom is -0.311 e. The second kappa shape index (κ2) is 9.04. The molecule has 0 aliphatic carbocycles. The van der Waals surface area contributed by atoms with Gasteiger partial charge in [-0.3, -0.25) is 19.1 Å². The van der Waals surface area contributed by atoms with E-state index in [1.54, 1.807) is 30.8 Å². The predicted molar refractivity (Wildman–Crippen MR) is 116 cm³/mol. The molecule has 0 atom stereocenters. The van der Waals surface area contributed by atoms with E-state index in [1.807, 2.05) is 42.5 Å². The van der Waals surface area contributed by atoms with Gasteiger partial charge in [0.2, 0.25) is 0 Å². The van der Waals surface area contributed by atoms with Gasteiger partial charge in [-0.05, 0) is 36.6 Å². The van der Waals surface area contributed by atoms with Crippen LogP contribution in [0.4, 0.5) is 5.69 Å². The SMILES string of the molecule is CCc1ccc(/C=N/NC(=O)C(=O)Nc2c(C)n(C)n(-c3ccccc3)c2=O)cc1. The van der Waals surface area contributed by atoms with Crippen LogP contribution in [0.3, 0.4) is 0 Å². The van der Waals surface area contributed by atoms with E-state index in [2.05, 4.69) is 22.8 Å². The van der Waals surface area contributed by atoms with Crippen molar-refractivity contribution in [3.8, 4) is 5.69 Å². The third kappa shape index (κ3) is 4.38. The largest absolute Gasteiger partial charge is 0.329 e. The van der Waals surface area contributed by atoms with Gasteiger partial charge >= 0.3 is 11.8 Å². The molecule has 30 heavy (non-hydrogen) atoms. The van der Waals surface area contributed by atoms with Crippen LogP contribution in [-0.4, -0.2) is 27.4 Å². The van der Waals surface area contributed by atoms with Crippen LogP contribution in [0.15, 0.2) is 64.5 Å². The highest BCUT2D eigenvalue weighted by Gasteiger charge is 2.21. The van der Waals surface area contributed by atoms with E-state index in [1.165, 1.54) is 16.5 Å². The molecule has 8 nitrogen and oxygen atoms in total. The summed E-state index contributed by atoms with van der Waals surface area (Å²) in [7, 11) is 1.70. The zero-order valence-electron chi connectivity index (χ0n) is 17.0. The summed E-state index contributed by atoms with van der Waals surface area (Å²) in [5, 5.41) is 6.19. The van der Waals surface area contributed by atoms with Gasteiger partial charge in [0.05, 0.1) is 17.6 Å². The topological polar surface area (TPSA) is 97.5 Å². The van der Waals surface area contributed by atoms with E-state index in [0.29, 0.717) is 11.4 Å². The van der Waals surface area contributed by atoms with Crippen LogP contribution in [0.25, 0.3) is 5.69 Å². The molecule has 0 radical (unpaired) electrons. The molecule has 3 rings (SSSR count). The minimum atomic E-state index is -0.973. The van der Waals surface area contributed by atoms with Gasteiger partial charge in [0.1, 0.15) is 5.69 Å². The number of anilines is 1. The molecule has 2 amide bonds. The number of carbonyl (C=O) groups is 2. The lowest BCUT2D eigenvalue weighted by atomic mass is 10.1. The Morgan fingerprint density at radius 2 is 1.70 bits per heavy atom. The highest BCUT2D eigenvalue weighted by molar-refractivity contribution is 6.39. The molecular weight excluding hydrogens is 382 g/mol. The molecule has 2 aromatic carbocycles. The van der Waals surface area contributed by atoms with Crippen molar-refractivity contribution < 1.29 is 9.59 Å². The highest BCUT2D eigenvalue weighted by atomic mass is 16.2. The summed E-state index contributed by atoms with van der Waals surface area (Å²) in [5.41, 5.74) is 4.94. The molecule has 1 aromatic heterocycles. The van der Waals surface area contributed by atoms with Crippen LogP contribution in [0.2, 0.25) is 0 Å². The van der Waals surface area contributed by atoms with Gasteiger partial charge in [-0.2, -0.15) is 5.10 Å². The summed E-state index contributed by atoms with van der Waals surface area (Å²) < 4.78 is 3.03. The van der Waals surface area contributed by atoms with Crippen molar-refractivity contribution in [1.29, 1.82) is 0 Å². The third-order valence-corrected chi connectivity index (χ3v) is 4.77. The summed E-state index contributed by atoms with van der Waals surface area (Å²) in [6.45, 7) is 3.75. The second-order valence-electron chi connectivity index (χ2n) is 6.68. The Hall–Kier alpha value is -3.94. The van der Waals surface area contributed by atoms with Crippen LogP contribution in [-0.2, 0) is 23.1 Å². The van der Waals surface area contributed by atoms with Gasteiger partial charge in [-0.15, -0.1) is 0 Å². The first-order valence-corrected chi connectivity index (χ1v) is 9.49. The molecule has 1 heterocycles. The smallest absolute Gasteiger partial charge is 0.311 e. The zero-order valence-corrected chi connectivity index (χ0v) is 17.0. The standard InChI is InChI=1S/C22H23N5O3/c1-4-16-10-12-17(13-11-16)14-23-25-21(29)20(28)24-19-15(2)26(3)27(22(19)30)18-8-6-5-7-9-18/h5-14H,4H2,1-3H3,(H,24,28)(H,25,29)/b23-14+. The fourth-order valence-electron chi connectivity index (χ4n) is 2.94. The maximum atomic E-state index is 12.8. The maximum Gasteiger partial charge on any atom is 0.329 e. The number of amides is 2. The van der Waals surface area contributed by atoms with Crippen molar-refractivity contribution in [2.45, 2.75) is 20.3 Å². The lowest BCUT2D eigenvalue weighted by Crippen LogP contribution is -2.34. The van der Waals surface area contributed by atoms with E-state index in [-0.39, 0.29) is 5.69 Å². The Labute approximate surface area is 173 Å². The molecule has 0 unspecified atom stereocenters.